The molecule has 2 N–H and O–H groups in total. The highest BCUT2D eigenvalue weighted by molar-refractivity contribution is 14.0. The fourth-order valence-corrected chi connectivity index (χ4v) is 3.03. The van der Waals surface area contributed by atoms with Crippen molar-refractivity contribution in [2.45, 2.75) is 39.3 Å². The Balaban J connectivity index is 0.00000364. The number of hydrogen-bond donors (Lipinski definition) is 2. The van der Waals surface area contributed by atoms with Crippen molar-refractivity contribution < 1.29 is 0 Å². The molecule has 0 radical (unpaired) electrons. The van der Waals surface area contributed by atoms with E-state index in [1.165, 1.54) is 5.56 Å². The van der Waals surface area contributed by atoms with Gasteiger partial charge in [0.05, 0.1) is 6.04 Å². The van der Waals surface area contributed by atoms with Crippen LogP contribution in [0.3, 0.4) is 0 Å². The summed E-state index contributed by atoms with van der Waals surface area (Å²) in [6.45, 7) is 6.67. The van der Waals surface area contributed by atoms with Crippen LogP contribution in [0.1, 0.15) is 37.7 Å². The maximum atomic E-state index is 4.73. The molecule has 2 rings (SSSR count). The van der Waals surface area contributed by atoms with Gasteiger partial charge in [-0.3, -0.25) is 4.99 Å². The lowest BCUT2D eigenvalue weighted by Crippen LogP contribution is -2.40. The molecule has 2 aromatic rings. The van der Waals surface area contributed by atoms with Crippen molar-refractivity contribution in [1.29, 1.82) is 0 Å². The molecule has 8 heteroatoms. The third-order valence-electron chi connectivity index (χ3n) is 4.09. The van der Waals surface area contributed by atoms with E-state index in [1.54, 1.807) is 6.33 Å². The highest BCUT2D eigenvalue weighted by Gasteiger charge is 2.08. The van der Waals surface area contributed by atoms with Crippen molar-refractivity contribution in [2.24, 2.45) is 4.99 Å². The summed E-state index contributed by atoms with van der Waals surface area (Å²) in [6.07, 6.45) is 5.89. The molecule has 1 heterocycles. The normalized spacial score (nSPS) is 12.3. The Morgan fingerprint density at radius 2 is 2.07 bits per heavy atom. The van der Waals surface area contributed by atoms with E-state index in [1.807, 2.05) is 17.8 Å². The number of rotatable bonds is 10. The van der Waals surface area contributed by atoms with Crippen LogP contribution >= 0.6 is 35.7 Å². The van der Waals surface area contributed by atoms with Crippen molar-refractivity contribution >= 4 is 41.7 Å². The SMILES string of the molecule is CCc1nncn1CCNC(=NCCCSC)NC(C)c1ccccc1.I. The Kier molecular flexibility index (Phi) is 12.2. The van der Waals surface area contributed by atoms with Gasteiger partial charge in [-0.1, -0.05) is 37.3 Å². The number of aryl methyl sites for hydroxylation is 1. The zero-order valence-corrected chi connectivity index (χ0v) is 19.5. The van der Waals surface area contributed by atoms with Crippen molar-refractivity contribution in [1.82, 2.24) is 25.4 Å². The number of hydrogen-bond acceptors (Lipinski definition) is 4. The summed E-state index contributed by atoms with van der Waals surface area (Å²) in [7, 11) is 0. The molecule has 0 bridgehead atoms. The lowest BCUT2D eigenvalue weighted by molar-refractivity contribution is 0.619. The number of halogens is 1. The summed E-state index contributed by atoms with van der Waals surface area (Å²) in [4.78, 5) is 4.73. The van der Waals surface area contributed by atoms with Crippen LogP contribution in [0.25, 0.3) is 0 Å². The smallest absolute Gasteiger partial charge is 0.191 e. The number of guanidine groups is 1. The molecular formula is C19H31IN6S. The van der Waals surface area contributed by atoms with Gasteiger partial charge in [0.1, 0.15) is 12.2 Å². The van der Waals surface area contributed by atoms with Gasteiger partial charge in [0, 0.05) is 26.1 Å². The molecule has 1 unspecified atom stereocenters. The lowest BCUT2D eigenvalue weighted by atomic mass is 10.1. The highest BCUT2D eigenvalue weighted by Crippen LogP contribution is 2.10. The topological polar surface area (TPSA) is 67.1 Å². The van der Waals surface area contributed by atoms with Gasteiger partial charge in [-0.2, -0.15) is 11.8 Å². The van der Waals surface area contributed by atoms with Crippen molar-refractivity contribution in [3.05, 3.63) is 48.0 Å². The third kappa shape index (κ3) is 8.50. The minimum Gasteiger partial charge on any atom is -0.355 e. The Morgan fingerprint density at radius 1 is 1.30 bits per heavy atom. The molecule has 1 atom stereocenters. The van der Waals surface area contributed by atoms with Crippen LogP contribution in [-0.4, -0.2) is 45.8 Å². The zero-order chi connectivity index (χ0) is 18.6. The molecule has 0 saturated heterocycles. The molecule has 150 valence electrons. The molecule has 0 fully saturated rings. The first kappa shape index (κ1) is 23.7. The molecule has 0 aliphatic rings. The second-order valence-electron chi connectivity index (χ2n) is 6.07. The highest BCUT2D eigenvalue weighted by atomic mass is 127. The molecule has 0 saturated carbocycles. The van der Waals surface area contributed by atoms with Crippen LogP contribution in [0.2, 0.25) is 0 Å². The van der Waals surface area contributed by atoms with Gasteiger partial charge in [0.15, 0.2) is 5.96 Å². The molecular weight excluding hydrogens is 471 g/mol. The lowest BCUT2D eigenvalue weighted by Gasteiger charge is -2.19. The average Bonchev–Trinajstić information content (AvgIpc) is 3.13. The number of nitrogens with one attached hydrogen (secondary N) is 2. The fourth-order valence-electron chi connectivity index (χ4n) is 2.62. The molecule has 0 amide bonds. The average molecular weight is 502 g/mol. The Bertz CT molecular complexity index is 661. The minimum absolute atomic E-state index is 0. The minimum atomic E-state index is 0. The Morgan fingerprint density at radius 3 is 2.78 bits per heavy atom. The Hall–Kier alpha value is -1.29. The Labute approximate surface area is 184 Å². The van der Waals surface area contributed by atoms with Gasteiger partial charge in [-0.15, -0.1) is 34.2 Å². The molecule has 0 aliphatic heterocycles. The van der Waals surface area contributed by atoms with E-state index in [0.717, 1.165) is 50.0 Å². The van der Waals surface area contributed by atoms with Crippen molar-refractivity contribution in [3.63, 3.8) is 0 Å². The second-order valence-corrected chi connectivity index (χ2v) is 7.06. The summed E-state index contributed by atoms with van der Waals surface area (Å²) in [5.74, 6) is 3.00. The predicted molar refractivity (Wildman–Crippen MR) is 126 cm³/mol. The quantitative estimate of drug-likeness (QED) is 0.225. The van der Waals surface area contributed by atoms with Crippen LogP contribution in [0.4, 0.5) is 0 Å². The number of benzene rings is 1. The number of aromatic nitrogens is 3. The number of aliphatic imine (C=N–C) groups is 1. The summed E-state index contributed by atoms with van der Waals surface area (Å²) in [5.41, 5.74) is 1.25. The zero-order valence-electron chi connectivity index (χ0n) is 16.4. The van der Waals surface area contributed by atoms with Crippen LogP contribution in [-0.2, 0) is 13.0 Å². The summed E-state index contributed by atoms with van der Waals surface area (Å²) in [5, 5.41) is 15.1. The first-order valence-corrected chi connectivity index (χ1v) is 10.6. The molecule has 1 aromatic carbocycles. The monoisotopic (exact) mass is 502 g/mol. The van der Waals surface area contributed by atoms with E-state index in [4.69, 9.17) is 4.99 Å². The van der Waals surface area contributed by atoms with Crippen LogP contribution in [0.5, 0.6) is 0 Å². The van der Waals surface area contributed by atoms with Gasteiger partial charge in [0.25, 0.3) is 0 Å². The molecule has 0 aliphatic carbocycles. The first-order valence-electron chi connectivity index (χ1n) is 9.20. The second kappa shape index (κ2) is 13.8. The van der Waals surface area contributed by atoms with E-state index in [-0.39, 0.29) is 30.0 Å². The van der Waals surface area contributed by atoms with Gasteiger partial charge >= 0.3 is 0 Å². The summed E-state index contributed by atoms with van der Waals surface area (Å²) >= 11 is 1.86. The van der Waals surface area contributed by atoms with Gasteiger partial charge in [-0.05, 0) is 30.9 Å². The third-order valence-corrected chi connectivity index (χ3v) is 4.78. The van der Waals surface area contributed by atoms with Gasteiger partial charge in [-0.25, -0.2) is 0 Å². The number of nitrogens with zero attached hydrogens (tertiary/aromatic N) is 4. The van der Waals surface area contributed by atoms with E-state index in [2.05, 4.69) is 69.8 Å². The van der Waals surface area contributed by atoms with E-state index in [9.17, 15) is 0 Å². The van der Waals surface area contributed by atoms with Crippen molar-refractivity contribution in [3.8, 4) is 0 Å². The van der Waals surface area contributed by atoms with Gasteiger partial charge < -0.3 is 15.2 Å². The molecule has 0 spiro atoms. The van der Waals surface area contributed by atoms with E-state index >= 15 is 0 Å². The van der Waals surface area contributed by atoms with Crippen molar-refractivity contribution in [2.75, 3.05) is 25.1 Å². The molecule has 1 aromatic heterocycles. The predicted octanol–water partition coefficient (Wildman–Crippen LogP) is 3.51. The maximum Gasteiger partial charge on any atom is 0.191 e. The summed E-state index contributed by atoms with van der Waals surface area (Å²) < 4.78 is 2.08. The summed E-state index contributed by atoms with van der Waals surface area (Å²) in [6, 6.07) is 10.6. The van der Waals surface area contributed by atoms with Gasteiger partial charge in [0.2, 0.25) is 0 Å². The van der Waals surface area contributed by atoms with Crippen LogP contribution < -0.4 is 10.6 Å². The standard InChI is InChI=1S/C19H30N6S.HI/c1-4-18-24-22-15-25(18)13-12-21-19(20-11-8-14-26-3)23-16(2)17-9-6-5-7-10-17;/h5-7,9-10,15-16H,4,8,11-14H2,1-3H3,(H2,20,21,23);1H. The van der Waals surface area contributed by atoms with Crippen LogP contribution in [0, 0.1) is 0 Å². The fraction of sp³-hybridized carbons (Fsp3) is 0.526. The molecule has 27 heavy (non-hydrogen) atoms. The first-order chi connectivity index (χ1) is 12.7. The largest absolute Gasteiger partial charge is 0.355 e. The number of thioether (sulfide) groups is 1. The van der Waals surface area contributed by atoms with Crippen LogP contribution in [0.15, 0.2) is 41.7 Å². The molecule has 6 nitrogen and oxygen atoms in total. The van der Waals surface area contributed by atoms with E-state index in [0.29, 0.717) is 0 Å². The van der Waals surface area contributed by atoms with E-state index < -0.39 is 0 Å². The maximum absolute atomic E-state index is 4.73.